The van der Waals surface area contributed by atoms with Gasteiger partial charge in [0.05, 0.1) is 11.1 Å². The van der Waals surface area contributed by atoms with E-state index in [-0.39, 0.29) is 10.8 Å². The Morgan fingerprint density at radius 2 is 2.00 bits per heavy atom. The van der Waals surface area contributed by atoms with Gasteiger partial charge in [-0.15, -0.1) is 0 Å². The van der Waals surface area contributed by atoms with Crippen LogP contribution in [0.3, 0.4) is 0 Å². The Morgan fingerprint density at radius 3 is 2.63 bits per heavy atom. The van der Waals surface area contributed by atoms with E-state index in [2.05, 4.69) is 10.4 Å². The van der Waals surface area contributed by atoms with Gasteiger partial charge < -0.3 is 5.32 Å². The molecule has 1 aliphatic rings. The van der Waals surface area contributed by atoms with Crippen LogP contribution in [0.15, 0.2) is 35.4 Å². The van der Waals surface area contributed by atoms with E-state index < -0.39 is 10.0 Å². The fourth-order valence-corrected chi connectivity index (χ4v) is 4.52. The quantitative estimate of drug-likeness (QED) is 0.751. The van der Waals surface area contributed by atoms with E-state index in [1.54, 1.807) is 32.2 Å². The van der Waals surface area contributed by atoms with E-state index >= 15 is 0 Å². The summed E-state index contributed by atoms with van der Waals surface area (Å²) in [5.74, 6) is 0.957. The number of carbonyl (C=O) groups is 1. The third-order valence-corrected chi connectivity index (χ3v) is 6.87. The zero-order chi connectivity index (χ0) is 19.6. The van der Waals surface area contributed by atoms with Crippen molar-refractivity contribution < 1.29 is 13.2 Å². The smallest absolute Gasteiger partial charge is 0.256 e. The summed E-state index contributed by atoms with van der Waals surface area (Å²) in [5.41, 5.74) is 1.19. The second kappa shape index (κ2) is 7.82. The monoisotopic (exact) mass is 390 g/mol. The van der Waals surface area contributed by atoms with Crippen molar-refractivity contribution in [2.45, 2.75) is 45.1 Å². The second-order valence-corrected chi connectivity index (χ2v) is 8.81. The maximum atomic E-state index is 12.7. The highest BCUT2D eigenvalue weighted by atomic mass is 32.2. The van der Waals surface area contributed by atoms with Crippen LogP contribution in [-0.4, -0.2) is 41.5 Å². The Kier molecular flexibility index (Phi) is 5.67. The number of amides is 1. The molecule has 7 nitrogen and oxygen atoms in total. The number of hydrogen-bond donors (Lipinski definition) is 1. The lowest BCUT2D eigenvalue weighted by Gasteiger charge is -2.18. The minimum Gasteiger partial charge on any atom is -0.307 e. The van der Waals surface area contributed by atoms with Gasteiger partial charge in [0.2, 0.25) is 10.0 Å². The highest BCUT2D eigenvalue weighted by Gasteiger charge is 2.25. The van der Waals surface area contributed by atoms with Crippen molar-refractivity contribution in [3.8, 4) is 0 Å². The summed E-state index contributed by atoms with van der Waals surface area (Å²) in [5, 5.41) is 7.24. The van der Waals surface area contributed by atoms with Crippen LogP contribution in [0.2, 0.25) is 0 Å². The van der Waals surface area contributed by atoms with Crippen LogP contribution < -0.4 is 5.32 Å². The molecule has 0 unspecified atom stereocenters. The molecule has 0 bridgehead atoms. The zero-order valence-electron chi connectivity index (χ0n) is 16.0. The average molecular weight is 391 g/mol. The molecule has 8 heteroatoms. The van der Waals surface area contributed by atoms with Gasteiger partial charge in [-0.1, -0.05) is 19.9 Å². The van der Waals surface area contributed by atoms with Crippen molar-refractivity contribution in [1.29, 1.82) is 0 Å². The predicted octanol–water partition coefficient (Wildman–Crippen LogP) is 2.88. The molecule has 1 N–H and O–H groups in total. The molecular weight excluding hydrogens is 364 g/mol. The van der Waals surface area contributed by atoms with Gasteiger partial charge in [-0.3, -0.25) is 4.79 Å². The molecular formula is C19H26N4O3S. The number of nitrogens with one attached hydrogen (secondary N) is 1. The zero-order valence-corrected chi connectivity index (χ0v) is 16.8. The molecule has 0 atom stereocenters. The second-order valence-electron chi connectivity index (χ2n) is 6.87. The maximum Gasteiger partial charge on any atom is 0.256 e. The Labute approximate surface area is 160 Å². The maximum absolute atomic E-state index is 12.7. The molecule has 0 saturated heterocycles. The molecule has 1 saturated carbocycles. The van der Waals surface area contributed by atoms with Crippen LogP contribution in [0.4, 0.5) is 5.82 Å². The van der Waals surface area contributed by atoms with Gasteiger partial charge in [0, 0.05) is 30.8 Å². The number of carbonyl (C=O) groups excluding carboxylic acids is 1. The van der Waals surface area contributed by atoms with E-state index in [1.807, 2.05) is 11.6 Å². The summed E-state index contributed by atoms with van der Waals surface area (Å²) in [6.07, 6.45) is 4.12. The highest BCUT2D eigenvalue weighted by molar-refractivity contribution is 7.89. The molecule has 2 aromatic rings. The number of aromatic nitrogens is 2. The number of rotatable bonds is 8. The number of nitrogens with zero attached hydrogens (tertiary/aromatic N) is 3. The summed E-state index contributed by atoms with van der Waals surface area (Å²) in [4.78, 5) is 12.9. The van der Waals surface area contributed by atoms with Crippen molar-refractivity contribution in [3.05, 3.63) is 41.6 Å². The van der Waals surface area contributed by atoms with Gasteiger partial charge in [-0.2, -0.15) is 9.40 Å². The van der Waals surface area contributed by atoms with Crippen molar-refractivity contribution in [2.75, 3.05) is 18.4 Å². The average Bonchev–Trinajstić information content (AvgIpc) is 3.41. The lowest BCUT2D eigenvalue weighted by atomic mass is 10.2. The van der Waals surface area contributed by atoms with E-state index in [9.17, 15) is 13.2 Å². The lowest BCUT2D eigenvalue weighted by molar-refractivity contribution is 0.102. The van der Waals surface area contributed by atoms with Gasteiger partial charge >= 0.3 is 0 Å². The summed E-state index contributed by atoms with van der Waals surface area (Å²) in [6, 6.07) is 6.17. The van der Waals surface area contributed by atoms with Crippen molar-refractivity contribution in [3.63, 3.8) is 0 Å². The number of aryl methyl sites for hydroxylation is 1. The number of sulfonamides is 1. The minimum atomic E-state index is -3.61. The molecule has 3 rings (SSSR count). The molecule has 1 aliphatic carbocycles. The third-order valence-electron chi connectivity index (χ3n) is 4.82. The van der Waals surface area contributed by atoms with Crippen molar-refractivity contribution in [1.82, 2.24) is 14.1 Å². The first-order valence-electron chi connectivity index (χ1n) is 9.30. The predicted molar refractivity (Wildman–Crippen MR) is 104 cm³/mol. The molecule has 1 heterocycles. The van der Waals surface area contributed by atoms with E-state index in [0.717, 1.165) is 12.1 Å². The first-order valence-corrected chi connectivity index (χ1v) is 10.7. The van der Waals surface area contributed by atoms with E-state index in [4.69, 9.17) is 0 Å². The lowest BCUT2D eigenvalue weighted by Crippen LogP contribution is -2.30. The van der Waals surface area contributed by atoms with Crippen molar-refractivity contribution in [2.24, 2.45) is 5.92 Å². The van der Waals surface area contributed by atoms with Crippen LogP contribution in [0.25, 0.3) is 0 Å². The minimum absolute atomic E-state index is 0.127. The summed E-state index contributed by atoms with van der Waals surface area (Å²) in [6.45, 7) is 7.04. The molecule has 0 radical (unpaired) electrons. The van der Waals surface area contributed by atoms with Gasteiger partial charge in [-0.25, -0.2) is 13.1 Å². The van der Waals surface area contributed by atoms with Crippen LogP contribution in [0.1, 0.15) is 42.6 Å². The van der Waals surface area contributed by atoms with Crippen LogP contribution in [0.5, 0.6) is 0 Å². The summed E-state index contributed by atoms with van der Waals surface area (Å²) < 4.78 is 28.6. The molecule has 1 amide bonds. The van der Waals surface area contributed by atoms with Gasteiger partial charge in [0.1, 0.15) is 5.82 Å². The molecule has 1 fully saturated rings. The molecule has 0 spiro atoms. The van der Waals surface area contributed by atoms with Crippen LogP contribution in [-0.2, 0) is 16.6 Å². The highest BCUT2D eigenvalue weighted by Crippen LogP contribution is 2.32. The molecule has 1 aromatic carbocycles. The van der Waals surface area contributed by atoms with Gasteiger partial charge in [0.25, 0.3) is 5.91 Å². The van der Waals surface area contributed by atoms with E-state index in [0.29, 0.717) is 30.4 Å². The number of benzene rings is 1. The fourth-order valence-electron chi connectivity index (χ4n) is 3.02. The Bertz CT molecular complexity index is 928. The molecule has 0 aliphatic heterocycles. The normalized spacial score (nSPS) is 14.5. The van der Waals surface area contributed by atoms with Gasteiger partial charge in [-0.05, 0) is 43.9 Å². The standard InChI is InChI=1S/C19H26N4O3S/c1-4-22(5-2)27(25,26)17-8-6-7-16(11-17)19(24)21-18-14(3)12-20-23(18)13-15-9-10-15/h6-8,11-12,15H,4-5,9-10,13H2,1-3H3,(H,21,24). The first kappa shape index (κ1) is 19.6. The first-order chi connectivity index (χ1) is 12.9. The third kappa shape index (κ3) is 4.22. The molecule has 1 aromatic heterocycles. The Morgan fingerprint density at radius 1 is 1.30 bits per heavy atom. The molecule has 27 heavy (non-hydrogen) atoms. The number of hydrogen-bond acceptors (Lipinski definition) is 4. The molecule has 146 valence electrons. The van der Waals surface area contributed by atoms with Gasteiger partial charge in [0.15, 0.2) is 0 Å². The SMILES string of the molecule is CCN(CC)S(=O)(=O)c1cccc(C(=O)Nc2c(C)cnn2CC2CC2)c1. The Hall–Kier alpha value is -2.19. The largest absolute Gasteiger partial charge is 0.307 e. The van der Waals surface area contributed by atoms with Crippen LogP contribution >= 0.6 is 0 Å². The van der Waals surface area contributed by atoms with Crippen molar-refractivity contribution >= 4 is 21.7 Å². The summed E-state index contributed by atoms with van der Waals surface area (Å²) in [7, 11) is -3.61. The number of anilines is 1. The topological polar surface area (TPSA) is 84.3 Å². The Balaban J connectivity index is 1.83. The fraction of sp³-hybridized carbons (Fsp3) is 0.474. The van der Waals surface area contributed by atoms with E-state index in [1.165, 1.54) is 29.3 Å². The summed E-state index contributed by atoms with van der Waals surface area (Å²) >= 11 is 0. The van der Waals surface area contributed by atoms with Crippen LogP contribution in [0, 0.1) is 12.8 Å².